The Morgan fingerprint density at radius 1 is 1.38 bits per heavy atom. The van der Waals surface area contributed by atoms with Crippen molar-refractivity contribution in [2.24, 2.45) is 0 Å². The van der Waals surface area contributed by atoms with E-state index in [0.29, 0.717) is 6.54 Å². The van der Waals surface area contributed by atoms with Crippen LogP contribution in [-0.2, 0) is 10.0 Å². The molecule has 0 aromatic rings. The summed E-state index contributed by atoms with van der Waals surface area (Å²) < 4.78 is 26.0. The van der Waals surface area contributed by atoms with Crippen LogP contribution in [0, 0.1) is 0 Å². The van der Waals surface area contributed by atoms with Crippen LogP contribution in [-0.4, -0.2) is 44.2 Å². The fourth-order valence-corrected chi connectivity index (χ4v) is 3.73. The highest BCUT2D eigenvalue weighted by atomic mass is 32.2. The Morgan fingerprint density at radius 2 is 1.94 bits per heavy atom. The standard InChI is InChI=1S/C11H24N2O2S/c1-4-12-9-10(2)16(14,15)13(3)11-7-5-6-8-11/h10-12H,4-9H2,1-3H3. The molecule has 1 unspecified atom stereocenters. The molecule has 1 fully saturated rings. The molecule has 0 heterocycles. The van der Waals surface area contributed by atoms with E-state index in [-0.39, 0.29) is 11.3 Å². The molecule has 0 aromatic carbocycles. The Hall–Kier alpha value is -0.130. The Kier molecular flexibility index (Phi) is 5.21. The Bertz CT molecular complexity index is 297. The van der Waals surface area contributed by atoms with Crippen LogP contribution in [0.25, 0.3) is 0 Å². The zero-order chi connectivity index (χ0) is 12.2. The number of hydrogen-bond donors (Lipinski definition) is 1. The molecule has 1 atom stereocenters. The van der Waals surface area contributed by atoms with Gasteiger partial charge in [-0.15, -0.1) is 0 Å². The lowest BCUT2D eigenvalue weighted by molar-refractivity contribution is 0.367. The number of nitrogens with one attached hydrogen (secondary N) is 1. The summed E-state index contributed by atoms with van der Waals surface area (Å²) in [5.74, 6) is 0. The van der Waals surface area contributed by atoms with Gasteiger partial charge in [-0.25, -0.2) is 12.7 Å². The highest BCUT2D eigenvalue weighted by molar-refractivity contribution is 7.89. The minimum Gasteiger partial charge on any atom is -0.316 e. The molecule has 5 heteroatoms. The van der Waals surface area contributed by atoms with E-state index in [0.717, 1.165) is 32.2 Å². The zero-order valence-corrected chi connectivity index (χ0v) is 11.4. The van der Waals surface area contributed by atoms with Crippen molar-refractivity contribution in [2.45, 2.75) is 50.8 Å². The predicted octanol–water partition coefficient (Wildman–Crippen LogP) is 1.19. The van der Waals surface area contributed by atoms with Crippen molar-refractivity contribution >= 4 is 10.0 Å². The third-order valence-electron chi connectivity index (χ3n) is 3.43. The quantitative estimate of drug-likeness (QED) is 0.768. The van der Waals surface area contributed by atoms with E-state index in [1.807, 2.05) is 6.92 Å². The van der Waals surface area contributed by atoms with E-state index < -0.39 is 10.0 Å². The lowest BCUT2D eigenvalue weighted by Gasteiger charge is -2.27. The van der Waals surface area contributed by atoms with Gasteiger partial charge in [0, 0.05) is 19.6 Å². The third-order valence-corrected chi connectivity index (χ3v) is 5.72. The first-order chi connectivity index (χ1) is 7.50. The normalized spacial score (nSPS) is 20.5. The fourth-order valence-electron chi connectivity index (χ4n) is 2.21. The highest BCUT2D eigenvalue weighted by Gasteiger charge is 2.32. The average Bonchev–Trinajstić information content (AvgIpc) is 2.77. The highest BCUT2D eigenvalue weighted by Crippen LogP contribution is 2.25. The molecule has 1 saturated carbocycles. The lowest BCUT2D eigenvalue weighted by Crippen LogP contribution is -2.44. The summed E-state index contributed by atoms with van der Waals surface area (Å²) in [7, 11) is -1.39. The van der Waals surface area contributed by atoms with E-state index >= 15 is 0 Å². The van der Waals surface area contributed by atoms with Crippen LogP contribution >= 0.6 is 0 Å². The second-order valence-electron chi connectivity index (χ2n) is 4.62. The minimum atomic E-state index is -3.12. The molecule has 0 radical (unpaired) electrons. The average molecular weight is 248 g/mol. The monoisotopic (exact) mass is 248 g/mol. The Morgan fingerprint density at radius 3 is 2.44 bits per heavy atom. The van der Waals surface area contributed by atoms with Crippen molar-refractivity contribution in [1.29, 1.82) is 0 Å². The van der Waals surface area contributed by atoms with Gasteiger partial charge in [0.05, 0.1) is 5.25 Å². The van der Waals surface area contributed by atoms with Gasteiger partial charge in [-0.05, 0) is 26.3 Å². The third kappa shape index (κ3) is 3.18. The summed E-state index contributed by atoms with van der Waals surface area (Å²) in [4.78, 5) is 0. The van der Waals surface area contributed by atoms with Crippen LogP contribution in [0.5, 0.6) is 0 Å². The Labute approximate surface area is 99.5 Å². The molecule has 96 valence electrons. The molecule has 1 aliphatic carbocycles. The maximum Gasteiger partial charge on any atom is 0.217 e. The molecule has 1 aliphatic rings. The fraction of sp³-hybridized carbons (Fsp3) is 1.00. The van der Waals surface area contributed by atoms with Crippen molar-refractivity contribution in [1.82, 2.24) is 9.62 Å². The minimum absolute atomic E-state index is 0.231. The molecule has 16 heavy (non-hydrogen) atoms. The molecule has 0 aromatic heterocycles. The van der Waals surface area contributed by atoms with E-state index in [4.69, 9.17) is 0 Å². The number of hydrogen-bond acceptors (Lipinski definition) is 3. The van der Waals surface area contributed by atoms with Gasteiger partial charge in [0.25, 0.3) is 0 Å². The van der Waals surface area contributed by atoms with E-state index in [9.17, 15) is 8.42 Å². The topological polar surface area (TPSA) is 49.4 Å². The van der Waals surface area contributed by atoms with E-state index in [1.54, 1.807) is 18.3 Å². The summed E-state index contributed by atoms with van der Waals surface area (Å²) >= 11 is 0. The van der Waals surface area contributed by atoms with Crippen LogP contribution < -0.4 is 5.32 Å². The molecular weight excluding hydrogens is 224 g/mol. The molecule has 0 spiro atoms. The Balaban J connectivity index is 2.60. The van der Waals surface area contributed by atoms with Crippen molar-refractivity contribution in [3.8, 4) is 0 Å². The summed E-state index contributed by atoms with van der Waals surface area (Å²) in [6, 6.07) is 0.231. The van der Waals surface area contributed by atoms with Gasteiger partial charge in [-0.1, -0.05) is 19.8 Å². The second kappa shape index (κ2) is 5.98. The molecule has 0 aliphatic heterocycles. The number of sulfonamides is 1. The molecule has 0 saturated heterocycles. The SMILES string of the molecule is CCNCC(C)S(=O)(=O)N(C)C1CCCC1. The molecule has 0 amide bonds. The van der Waals surface area contributed by atoms with Crippen molar-refractivity contribution < 1.29 is 8.42 Å². The van der Waals surface area contributed by atoms with Gasteiger partial charge < -0.3 is 5.32 Å². The summed E-state index contributed by atoms with van der Waals surface area (Å²) in [6.07, 6.45) is 4.35. The van der Waals surface area contributed by atoms with Gasteiger partial charge in [0.2, 0.25) is 10.0 Å². The molecule has 4 nitrogen and oxygen atoms in total. The maximum atomic E-state index is 12.2. The van der Waals surface area contributed by atoms with Crippen LogP contribution in [0.3, 0.4) is 0 Å². The first-order valence-electron chi connectivity index (χ1n) is 6.17. The molecular formula is C11H24N2O2S. The summed E-state index contributed by atoms with van der Waals surface area (Å²) in [5, 5.41) is 2.76. The largest absolute Gasteiger partial charge is 0.316 e. The van der Waals surface area contributed by atoms with Crippen LogP contribution in [0.2, 0.25) is 0 Å². The summed E-state index contributed by atoms with van der Waals surface area (Å²) in [6.45, 7) is 5.12. The van der Waals surface area contributed by atoms with Crippen molar-refractivity contribution in [3.05, 3.63) is 0 Å². The van der Waals surface area contributed by atoms with Crippen molar-refractivity contribution in [3.63, 3.8) is 0 Å². The second-order valence-corrected chi connectivity index (χ2v) is 7.03. The first-order valence-corrected chi connectivity index (χ1v) is 7.68. The van der Waals surface area contributed by atoms with E-state index in [1.165, 1.54) is 0 Å². The van der Waals surface area contributed by atoms with Gasteiger partial charge in [-0.2, -0.15) is 0 Å². The first kappa shape index (κ1) is 13.9. The van der Waals surface area contributed by atoms with Crippen LogP contribution in [0.1, 0.15) is 39.5 Å². The van der Waals surface area contributed by atoms with Crippen LogP contribution in [0.4, 0.5) is 0 Å². The van der Waals surface area contributed by atoms with Crippen LogP contribution in [0.15, 0.2) is 0 Å². The number of nitrogens with zero attached hydrogens (tertiary/aromatic N) is 1. The van der Waals surface area contributed by atoms with Crippen molar-refractivity contribution in [2.75, 3.05) is 20.1 Å². The zero-order valence-electron chi connectivity index (χ0n) is 10.6. The smallest absolute Gasteiger partial charge is 0.217 e. The molecule has 1 N–H and O–H groups in total. The van der Waals surface area contributed by atoms with Gasteiger partial charge >= 0.3 is 0 Å². The summed E-state index contributed by atoms with van der Waals surface area (Å²) in [5.41, 5.74) is 0. The predicted molar refractivity (Wildman–Crippen MR) is 66.9 cm³/mol. The number of rotatable bonds is 6. The van der Waals surface area contributed by atoms with Gasteiger partial charge in [0.1, 0.15) is 0 Å². The maximum absolute atomic E-state index is 12.2. The molecule has 1 rings (SSSR count). The van der Waals surface area contributed by atoms with E-state index in [2.05, 4.69) is 5.32 Å². The molecule has 0 bridgehead atoms. The van der Waals surface area contributed by atoms with Gasteiger partial charge in [0.15, 0.2) is 0 Å². The van der Waals surface area contributed by atoms with Gasteiger partial charge in [-0.3, -0.25) is 0 Å². The lowest BCUT2D eigenvalue weighted by atomic mass is 10.3.